The standard InChI is InChI=1S/C7H6N4OS/c12-6(5-1-2-9-11-5)10-7-8-3-4-13-7/h1-4H,(H,9,11)(H,8,10,12). The molecule has 2 aromatic heterocycles. The Balaban J connectivity index is 2.08. The first-order chi connectivity index (χ1) is 6.36. The third kappa shape index (κ3) is 1.73. The highest BCUT2D eigenvalue weighted by Crippen LogP contribution is 2.11. The van der Waals surface area contributed by atoms with Gasteiger partial charge in [-0.25, -0.2) is 4.98 Å². The highest BCUT2D eigenvalue weighted by Gasteiger charge is 2.07. The monoisotopic (exact) mass is 194 g/mol. The lowest BCUT2D eigenvalue weighted by Gasteiger charge is -1.96. The average molecular weight is 194 g/mol. The van der Waals surface area contributed by atoms with E-state index in [9.17, 15) is 4.79 Å². The molecule has 0 saturated heterocycles. The van der Waals surface area contributed by atoms with Crippen LogP contribution < -0.4 is 5.32 Å². The van der Waals surface area contributed by atoms with Gasteiger partial charge < -0.3 is 0 Å². The van der Waals surface area contributed by atoms with Crippen LogP contribution in [0.15, 0.2) is 23.8 Å². The van der Waals surface area contributed by atoms with Crippen LogP contribution in [0.4, 0.5) is 5.13 Å². The third-order valence-electron chi connectivity index (χ3n) is 1.40. The Morgan fingerprint density at radius 2 is 2.46 bits per heavy atom. The number of hydrogen-bond donors (Lipinski definition) is 2. The largest absolute Gasteiger partial charge is 0.297 e. The Kier molecular flexibility index (Phi) is 2.05. The summed E-state index contributed by atoms with van der Waals surface area (Å²) >= 11 is 1.37. The van der Waals surface area contributed by atoms with Crippen molar-refractivity contribution < 1.29 is 4.79 Å². The molecule has 2 aromatic rings. The molecule has 13 heavy (non-hydrogen) atoms. The molecule has 0 fully saturated rings. The number of thiazole rings is 1. The molecule has 0 saturated carbocycles. The maximum Gasteiger partial charge on any atom is 0.275 e. The zero-order valence-electron chi connectivity index (χ0n) is 6.52. The van der Waals surface area contributed by atoms with Crippen molar-refractivity contribution in [2.45, 2.75) is 0 Å². The molecule has 0 aliphatic rings. The van der Waals surface area contributed by atoms with Crippen LogP contribution in [0.1, 0.15) is 10.5 Å². The number of carbonyl (C=O) groups excluding carboxylic acids is 1. The number of nitrogens with one attached hydrogen (secondary N) is 2. The minimum atomic E-state index is -0.229. The predicted octanol–water partition coefficient (Wildman–Crippen LogP) is 1.12. The number of H-pyrrole nitrogens is 1. The van der Waals surface area contributed by atoms with E-state index in [2.05, 4.69) is 20.5 Å². The fourth-order valence-electron chi connectivity index (χ4n) is 0.832. The molecule has 2 N–H and O–H groups in total. The summed E-state index contributed by atoms with van der Waals surface area (Å²) in [7, 11) is 0. The SMILES string of the molecule is O=C(Nc1nccs1)c1ccn[nH]1. The van der Waals surface area contributed by atoms with Gasteiger partial charge in [0.2, 0.25) is 0 Å². The predicted molar refractivity (Wildman–Crippen MR) is 48.7 cm³/mol. The number of amides is 1. The van der Waals surface area contributed by atoms with Crippen LogP contribution in [-0.4, -0.2) is 21.1 Å². The molecule has 5 nitrogen and oxygen atoms in total. The van der Waals surface area contributed by atoms with Crippen LogP contribution in [0.2, 0.25) is 0 Å². The van der Waals surface area contributed by atoms with Gasteiger partial charge in [0.05, 0.1) is 0 Å². The highest BCUT2D eigenvalue weighted by atomic mass is 32.1. The smallest absolute Gasteiger partial charge is 0.275 e. The van der Waals surface area contributed by atoms with Gasteiger partial charge in [0, 0.05) is 17.8 Å². The summed E-state index contributed by atoms with van der Waals surface area (Å²) in [5.41, 5.74) is 0.426. The molecule has 2 heterocycles. The van der Waals surface area contributed by atoms with Crippen LogP contribution in [0, 0.1) is 0 Å². The molecule has 0 radical (unpaired) electrons. The van der Waals surface area contributed by atoms with Gasteiger partial charge in [-0.3, -0.25) is 15.2 Å². The second-order valence-corrected chi connectivity index (χ2v) is 3.16. The summed E-state index contributed by atoms with van der Waals surface area (Å²) in [6.45, 7) is 0. The van der Waals surface area contributed by atoms with Gasteiger partial charge in [-0.2, -0.15) is 5.10 Å². The van der Waals surface area contributed by atoms with Crippen LogP contribution >= 0.6 is 11.3 Å². The van der Waals surface area contributed by atoms with E-state index in [4.69, 9.17) is 0 Å². The summed E-state index contributed by atoms with van der Waals surface area (Å²) in [5, 5.41) is 11.2. The van der Waals surface area contributed by atoms with Crippen molar-refractivity contribution in [3.05, 3.63) is 29.5 Å². The molecule has 0 unspecified atom stereocenters. The van der Waals surface area contributed by atoms with Gasteiger partial charge in [0.1, 0.15) is 5.69 Å². The van der Waals surface area contributed by atoms with Crippen molar-refractivity contribution in [2.24, 2.45) is 0 Å². The van der Waals surface area contributed by atoms with E-state index in [1.165, 1.54) is 17.5 Å². The number of anilines is 1. The Labute approximate surface area is 77.8 Å². The normalized spacial score (nSPS) is 9.85. The first-order valence-electron chi connectivity index (χ1n) is 3.56. The maximum absolute atomic E-state index is 11.4. The Hall–Kier alpha value is -1.69. The molecular formula is C7H6N4OS. The number of aromatic amines is 1. The second-order valence-electron chi connectivity index (χ2n) is 2.26. The molecule has 0 aromatic carbocycles. The van der Waals surface area contributed by atoms with E-state index in [1.807, 2.05) is 0 Å². The van der Waals surface area contributed by atoms with Crippen LogP contribution in [-0.2, 0) is 0 Å². The molecule has 0 spiro atoms. The zero-order chi connectivity index (χ0) is 9.10. The van der Waals surface area contributed by atoms with Crippen molar-refractivity contribution in [1.82, 2.24) is 15.2 Å². The second kappa shape index (κ2) is 3.36. The molecule has 0 bridgehead atoms. The fraction of sp³-hybridized carbons (Fsp3) is 0. The summed E-state index contributed by atoms with van der Waals surface area (Å²) in [5.74, 6) is -0.229. The molecule has 0 aliphatic carbocycles. The van der Waals surface area contributed by atoms with E-state index in [0.29, 0.717) is 10.8 Å². The van der Waals surface area contributed by atoms with E-state index in [-0.39, 0.29) is 5.91 Å². The lowest BCUT2D eigenvalue weighted by Crippen LogP contribution is -2.11. The fourth-order valence-corrected chi connectivity index (χ4v) is 1.36. The number of rotatable bonds is 2. The number of hydrogen-bond acceptors (Lipinski definition) is 4. The maximum atomic E-state index is 11.4. The van der Waals surface area contributed by atoms with Gasteiger partial charge in [0.25, 0.3) is 5.91 Å². The average Bonchev–Trinajstić information content (AvgIpc) is 2.74. The molecule has 2 rings (SSSR count). The number of carbonyl (C=O) groups is 1. The first-order valence-corrected chi connectivity index (χ1v) is 4.44. The van der Waals surface area contributed by atoms with E-state index < -0.39 is 0 Å². The minimum absolute atomic E-state index is 0.229. The van der Waals surface area contributed by atoms with Gasteiger partial charge in [-0.05, 0) is 6.07 Å². The topological polar surface area (TPSA) is 70.7 Å². The van der Waals surface area contributed by atoms with Gasteiger partial charge in [0.15, 0.2) is 5.13 Å². The molecule has 0 aliphatic heterocycles. The van der Waals surface area contributed by atoms with E-state index in [1.54, 1.807) is 17.6 Å². The van der Waals surface area contributed by atoms with Crippen molar-refractivity contribution in [3.63, 3.8) is 0 Å². The van der Waals surface area contributed by atoms with Gasteiger partial charge in [-0.1, -0.05) is 0 Å². The summed E-state index contributed by atoms with van der Waals surface area (Å²) in [4.78, 5) is 15.3. The zero-order valence-corrected chi connectivity index (χ0v) is 7.34. The van der Waals surface area contributed by atoms with Crippen LogP contribution in [0.3, 0.4) is 0 Å². The summed E-state index contributed by atoms with van der Waals surface area (Å²) in [6.07, 6.45) is 3.16. The lowest BCUT2D eigenvalue weighted by atomic mass is 10.4. The Morgan fingerprint density at radius 1 is 1.54 bits per heavy atom. The van der Waals surface area contributed by atoms with Gasteiger partial charge >= 0.3 is 0 Å². The molecule has 0 atom stereocenters. The van der Waals surface area contributed by atoms with Crippen molar-refractivity contribution in [2.75, 3.05) is 5.32 Å². The van der Waals surface area contributed by atoms with E-state index in [0.717, 1.165) is 0 Å². The van der Waals surface area contributed by atoms with Crippen molar-refractivity contribution in [1.29, 1.82) is 0 Å². The van der Waals surface area contributed by atoms with Crippen molar-refractivity contribution in [3.8, 4) is 0 Å². The Morgan fingerprint density at radius 3 is 3.08 bits per heavy atom. The first kappa shape index (κ1) is 7.93. The lowest BCUT2D eigenvalue weighted by molar-refractivity contribution is 0.102. The molecule has 66 valence electrons. The van der Waals surface area contributed by atoms with Crippen LogP contribution in [0.25, 0.3) is 0 Å². The molecule has 6 heteroatoms. The summed E-state index contributed by atoms with van der Waals surface area (Å²) < 4.78 is 0. The van der Waals surface area contributed by atoms with Gasteiger partial charge in [-0.15, -0.1) is 11.3 Å². The number of nitrogens with zero attached hydrogens (tertiary/aromatic N) is 2. The quantitative estimate of drug-likeness (QED) is 0.752. The molecular weight excluding hydrogens is 188 g/mol. The van der Waals surface area contributed by atoms with Crippen molar-refractivity contribution >= 4 is 22.4 Å². The van der Waals surface area contributed by atoms with Crippen LogP contribution in [0.5, 0.6) is 0 Å². The third-order valence-corrected chi connectivity index (χ3v) is 2.09. The summed E-state index contributed by atoms with van der Waals surface area (Å²) in [6, 6.07) is 1.60. The van der Waals surface area contributed by atoms with E-state index >= 15 is 0 Å². The number of aromatic nitrogens is 3. The highest BCUT2D eigenvalue weighted by molar-refractivity contribution is 7.13. The minimum Gasteiger partial charge on any atom is -0.297 e. The Bertz CT molecular complexity index is 381. The molecule has 1 amide bonds.